The van der Waals surface area contributed by atoms with Gasteiger partial charge < -0.3 is 9.88 Å². The van der Waals surface area contributed by atoms with E-state index in [9.17, 15) is 8.42 Å². The van der Waals surface area contributed by atoms with E-state index in [-0.39, 0.29) is 0 Å². The van der Waals surface area contributed by atoms with Crippen LogP contribution in [0.3, 0.4) is 0 Å². The third-order valence-corrected chi connectivity index (χ3v) is 3.40. The van der Waals surface area contributed by atoms with Crippen LogP contribution in [-0.2, 0) is 23.5 Å². The SMILES string of the molecule is Cn1ccnc1CCNCC(C)(C)NS(C)(=O)=O. The summed E-state index contributed by atoms with van der Waals surface area (Å²) < 4.78 is 26.9. The Balaban J connectivity index is 2.31. The maximum Gasteiger partial charge on any atom is 0.209 e. The summed E-state index contributed by atoms with van der Waals surface area (Å²) >= 11 is 0. The van der Waals surface area contributed by atoms with Gasteiger partial charge in [-0.25, -0.2) is 18.1 Å². The van der Waals surface area contributed by atoms with E-state index in [1.54, 1.807) is 6.20 Å². The summed E-state index contributed by atoms with van der Waals surface area (Å²) in [6.45, 7) is 5.04. The topological polar surface area (TPSA) is 76.0 Å². The van der Waals surface area contributed by atoms with Crippen LogP contribution in [-0.4, -0.2) is 42.9 Å². The minimum Gasteiger partial charge on any atom is -0.338 e. The molecule has 0 aliphatic rings. The number of aromatic nitrogens is 2. The van der Waals surface area contributed by atoms with Crippen LogP contribution < -0.4 is 10.0 Å². The van der Waals surface area contributed by atoms with Crippen LogP contribution in [0.25, 0.3) is 0 Å². The zero-order valence-electron chi connectivity index (χ0n) is 11.4. The van der Waals surface area contributed by atoms with Crippen molar-refractivity contribution in [2.45, 2.75) is 25.8 Å². The molecule has 0 fully saturated rings. The first-order valence-electron chi connectivity index (χ1n) is 5.85. The summed E-state index contributed by atoms with van der Waals surface area (Å²) in [5.74, 6) is 1.01. The van der Waals surface area contributed by atoms with Crippen molar-refractivity contribution in [3.63, 3.8) is 0 Å². The molecule has 1 aromatic heterocycles. The monoisotopic (exact) mass is 274 g/mol. The lowest BCUT2D eigenvalue weighted by Crippen LogP contribution is -2.50. The van der Waals surface area contributed by atoms with Crippen molar-refractivity contribution >= 4 is 10.0 Å². The Hall–Kier alpha value is -0.920. The molecular weight excluding hydrogens is 252 g/mol. The van der Waals surface area contributed by atoms with E-state index in [1.165, 1.54) is 6.26 Å². The molecule has 0 saturated heterocycles. The molecule has 0 aliphatic carbocycles. The van der Waals surface area contributed by atoms with Gasteiger partial charge in [0.05, 0.1) is 6.26 Å². The van der Waals surface area contributed by atoms with Crippen LogP contribution >= 0.6 is 0 Å². The molecule has 7 heteroatoms. The third-order valence-electron chi connectivity index (χ3n) is 2.47. The van der Waals surface area contributed by atoms with Crippen LogP contribution in [0.1, 0.15) is 19.7 Å². The van der Waals surface area contributed by atoms with Gasteiger partial charge in [0.1, 0.15) is 5.82 Å². The average Bonchev–Trinajstić information content (AvgIpc) is 2.55. The van der Waals surface area contributed by atoms with E-state index < -0.39 is 15.6 Å². The summed E-state index contributed by atoms with van der Waals surface area (Å²) in [7, 11) is -1.22. The molecule has 104 valence electrons. The van der Waals surface area contributed by atoms with Crippen molar-refractivity contribution in [2.24, 2.45) is 7.05 Å². The Morgan fingerprint density at radius 2 is 2.11 bits per heavy atom. The highest BCUT2D eigenvalue weighted by Gasteiger charge is 2.21. The van der Waals surface area contributed by atoms with E-state index in [0.29, 0.717) is 6.54 Å². The number of hydrogen-bond acceptors (Lipinski definition) is 4. The van der Waals surface area contributed by atoms with Gasteiger partial charge in [-0.05, 0) is 13.8 Å². The van der Waals surface area contributed by atoms with Gasteiger partial charge in [-0.15, -0.1) is 0 Å². The Morgan fingerprint density at radius 1 is 1.44 bits per heavy atom. The van der Waals surface area contributed by atoms with E-state index in [4.69, 9.17) is 0 Å². The normalized spacial score (nSPS) is 12.9. The molecule has 18 heavy (non-hydrogen) atoms. The molecule has 0 aliphatic heterocycles. The van der Waals surface area contributed by atoms with Gasteiger partial charge in [-0.3, -0.25) is 0 Å². The first kappa shape index (κ1) is 15.1. The minimum atomic E-state index is -3.18. The van der Waals surface area contributed by atoms with Crippen LogP contribution in [0.4, 0.5) is 0 Å². The summed E-state index contributed by atoms with van der Waals surface area (Å²) in [6.07, 6.45) is 5.66. The maximum absolute atomic E-state index is 11.2. The second kappa shape index (κ2) is 5.81. The molecule has 0 atom stereocenters. The Bertz CT molecular complexity index is 479. The van der Waals surface area contributed by atoms with Crippen molar-refractivity contribution in [3.05, 3.63) is 18.2 Å². The fourth-order valence-electron chi connectivity index (χ4n) is 1.78. The standard InChI is InChI=1S/C11H22N4O2S/c1-11(2,14-18(4,16)17)9-12-6-5-10-13-7-8-15(10)3/h7-8,12,14H,5-6,9H2,1-4H3. The van der Waals surface area contributed by atoms with Crippen LogP contribution in [0.15, 0.2) is 12.4 Å². The second-order valence-corrected chi connectivity index (χ2v) is 6.89. The van der Waals surface area contributed by atoms with E-state index in [1.807, 2.05) is 31.7 Å². The molecule has 1 aromatic rings. The van der Waals surface area contributed by atoms with Gasteiger partial charge >= 0.3 is 0 Å². The van der Waals surface area contributed by atoms with Crippen LogP contribution in [0.2, 0.25) is 0 Å². The largest absolute Gasteiger partial charge is 0.338 e. The van der Waals surface area contributed by atoms with Crippen molar-refractivity contribution in [1.82, 2.24) is 19.6 Å². The second-order valence-electron chi connectivity index (χ2n) is 5.14. The molecule has 1 rings (SSSR count). The molecule has 1 heterocycles. The van der Waals surface area contributed by atoms with Gasteiger partial charge in [0.15, 0.2) is 0 Å². The highest BCUT2D eigenvalue weighted by atomic mass is 32.2. The zero-order valence-corrected chi connectivity index (χ0v) is 12.2. The lowest BCUT2D eigenvalue weighted by Gasteiger charge is -2.25. The fraction of sp³-hybridized carbons (Fsp3) is 0.727. The van der Waals surface area contributed by atoms with Crippen molar-refractivity contribution < 1.29 is 8.42 Å². The molecule has 0 bridgehead atoms. The highest BCUT2D eigenvalue weighted by Crippen LogP contribution is 2.02. The van der Waals surface area contributed by atoms with Crippen molar-refractivity contribution in [1.29, 1.82) is 0 Å². The lowest BCUT2D eigenvalue weighted by atomic mass is 10.1. The number of nitrogens with one attached hydrogen (secondary N) is 2. The Labute approximate surface area is 109 Å². The number of nitrogens with zero attached hydrogens (tertiary/aromatic N) is 2. The number of hydrogen-bond donors (Lipinski definition) is 2. The zero-order chi connectivity index (χ0) is 13.8. The molecule has 0 radical (unpaired) electrons. The van der Waals surface area contributed by atoms with Crippen molar-refractivity contribution in [3.8, 4) is 0 Å². The third kappa shape index (κ3) is 5.61. The molecule has 0 amide bonds. The smallest absolute Gasteiger partial charge is 0.209 e. The number of imidazole rings is 1. The van der Waals surface area contributed by atoms with E-state index in [2.05, 4.69) is 15.0 Å². The highest BCUT2D eigenvalue weighted by molar-refractivity contribution is 7.88. The van der Waals surface area contributed by atoms with E-state index in [0.717, 1.165) is 18.8 Å². The number of sulfonamides is 1. The van der Waals surface area contributed by atoms with Gasteiger partial charge in [0.2, 0.25) is 10.0 Å². The molecule has 0 unspecified atom stereocenters. The van der Waals surface area contributed by atoms with Gasteiger partial charge in [-0.1, -0.05) is 0 Å². The molecular formula is C11H22N4O2S. The van der Waals surface area contributed by atoms with Crippen LogP contribution in [0, 0.1) is 0 Å². The minimum absolute atomic E-state index is 0.491. The number of rotatable bonds is 7. The Morgan fingerprint density at radius 3 is 2.61 bits per heavy atom. The summed E-state index contributed by atoms with van der Waals surface area (Å²) in [5.41, 5.74) is -0.491. The first-order chi connectivity index (χ1) is 8.20. The molecule has 0 aromatic carbocycles. The van der Waals surface area contributed by atoms with Gasteiger partial charge in [-0.2, -0.15) is 0 Å². The van der Waals surface area contributed by atoms with Crippen LogP contribution in [0.5, 0.6) is 0 Å². The fourth-order valence-corrected chi connectivity index (χ4v) is 2.85. The molecule has 6 nitrogen and oxygen atoms in total. The average molecular weight is 274 g/mol. The molecule has 2 N–H and O–H groups in total. The summed E-state index contributed by atoms with van der Waals surface area (Å²) in [6, 6.07) is 0. The quantitative estimate of drug-likeness (QED) is 0.680. The van der Waals surface area contributed by atoms with Crippen molar-refractivity contribution in [2.75, 3.05) is 19.3 Å². The summed E-state index contributed by atoms with van der Waals surface area (Å²) in [5, 5.41) is 3.23. The molecule has 0 saturated carbocycles. The predicted octanol–water partition coefficient (Wildman–Crippen LogP) is -0.120. The maximum atomic E-state index is 11.2. The Kier molecular flexibility index (Phi) is 4.89. The predicted molar refractivity (Wildman–Crippen MR) is 71.8 cm³/mol. The van der Waals surface area contributed by atoms with Gasteiger partial charge in [0.25, 0.3) is 0 Å². The lowest BCUT2D eigenvalue weighted by molar-refractivity contribution is 0.421. The van der Waals surface area contributed by atoms with E-state index >= 15 is 0 Å². The number of aryl methyl sites for hydroxylation is 1. The molecule has 0 spiro atoms. The summed E-state index contributed by atoms with van der Waals surface area (Å²) in [4.78, 5) is 4.22. The van der Waals surface area contributed by atoms with Gasteiger partial charge in [0, 0.05) is 44.5 Å². The first-order valence-corrected chi connectivity index (χ1v) is 7.75.